The SMILES string of the molecule is COC(=O)C1(c2ccc(S(=O)(=O)NCC(=O)O)cc2)CC1. The van der Waals surface area contributed by atoms with Gasteiger partial charge in [-0.2, -0.15) is 4.72 Å². The molecular formula is C13H15NO6S. The third kappa shape index (κ3) is 3.06. The van der Waals surface area contributed by atoms with Gasteiger partial charge in [0.2, 0.25) is 10.0 Å². The van der Waals surface area contributed by atoms with Gasteiger partial charge >= 0.3 is 11.9 Å². The van der Waals surface area contributed by atoms with Crippen LogP contribution in [0.15, 0.2) is 29.2 Å². The minimum atomic E-state index is -3.87. The first-order chi connectivity index (χ1) is 9.82. The molecule has 0 atom stereocenters. The average Bonchev–Trinajstić information content (AvgIpc) is 3.26. The van der Waals surface area contributed by atoms with Crippen molar-refractivity contribution < 1.29 is 27.9 Å². The van der Waals surface area contributed by atoms with Crippen molar-refractivity contribution in [2.24, 2.45) is 0 Å². The summed E-state index contributed by atoms with van der Waals surface area (Å²) in [6, 6.07) is 5.81. The van der Waals surface area contributed by atoms with Gasteiger partial charge in [0.25, 0.3) is 0 Å². The second-order valence-electron chi connectivity index (χ2n) is 4.82. The maximum absolute atomic E-state index is 11.8. The number of carboxylic acids is 1. The molecule has 0 spiro atoms. The van der Waals surface area contributed by atoms with E-state index in [0.29, 0.717) is 18.4 Å². The number of carbonyl (C=O) groups is 2. The number of carbonyl (C=O) groups excluding carboxylic acids is 1. The number of aliphatic carboxylic acids is 1. The first kappa shape index (κ1) is 15.5. The summed E-state index contributed by atoms with van der Waals surface area (Å²) in [6.45, 7) is -0.684. The zero-order valence-electron chi connectivity index (χ0n) is 11.3. The van der Waals surface area contributed by atoms with E-state index in [1.54, 1.807) is 12.1 Å². The fourth-order valence-electron chi connectivity index (χ4n) is 2.12. The molecule has 0 amide bonds. The normalized spacial score (nSPS) is 16.2. The Morgan fingerprint density at radius 3 is 2.29 bits per heavy atom. The number of hydrogen-bond donors (Lipinski definition) is 2. The molecule has 2 rings (SSSR count). The Morgan fingerprint density at radius 1 is 1.29 bits per heavy atom. The lowest BCUT2D eigenvalue weighted by Gasteiger charge is -2.13. The predicted molar refractivity (Wildman–Crippen MR) is 72.2 cm³/mol. The van der Waals surface area contributed by atoms with Crippen LogP contribution in [-0.2, 0) is 29.8 Å². The second-order valence-corrected chi connectivity index (χ2v) is 6.58. The van der Waals surface area contributed by atoms with E-state index in [1.807, 2.05) is 4.72 Å². The topological polar surface area (TPSA) is 110 Å². The number of benzene rings is 1. The van der Waals surface area contributed by atoms with Gasteiger partial charge in [-0.25, -0.2) is 8.42 Å². The molecule has 2 N–H and O–H groups in total. The van der Waals surface area contributed by atoms with Crippen LogP contribution < -0.4 is 4.72 Å². The Bertz CT molecular complexity index is 660. The van der Waals surface area contributed by atoms with Crippen LogP contribution in [0.25, 0.3) is 0 Å². The lowest BCUT2D eigenvalue weighted by atomic mass is 9.96. The molecule has 114 valence electrons. The molecule has 0 bridgehead atoms. The van der Waals surface area contributed by atoms with E-state index in [2.05, 4.69) is 0 Å². The van der Waals surface area contributed by atoms with Crippen molar-refractivity contribution in [1.29, 1.82) is 0 Å². The zero-order chi connectivity index (χ0) is 15.7. The van der Waals surface area contributed by atoms with Gasteiger partial charge in [-0.05, 0) is 30.5 Å². The summed E-state index contributed by atoms with van der Waals surface area (Å²) >= 11 is 0. The van der Waals surface area contributed by atoms with Gasteiger partial charge in [0.05, 0.1) is 17.4 Å². The van der Waals surface area contributed by atoms with Gasteiger partial charge in [0, 0.05) is 0 Å². The Kier molecular flexibility index (Phi) is 4.02. The monoisotopic (exact) mass is 313 g/mol. The highest BCUT2D eigenvalue weighted by Gasteiger charge is 2.52. The van der Waals surface area contributed by atoms with Crippen LogP contribution >= 0.6 is 0 Å². The number of hydrogen-bond acceptors (Lipinski definition) is 5. The van der Waals surface area contributed by atoms with E-state index in [-0.39, 0.29) is 10.9 Å². The third-order valence-corrected chi connectivity index (χ3v) is 4.87. The second kappa shape index (κ2) is 5.45. The van der Waals surface area contributed by atoms with Crippen LogP contribution in [0.4, 0.5) is 0 Å². The molecule has 1 aliphatic carbocycles. The van der Waals surface area contributed by atoms with Crippen LogP contribution in [0, 0.1) is 0 Å². The summed E-state index contributed by atoms with van der Waals surface area (Å²) in [5.41, 5.74) is 0.0393. The third-order valence-electron chi connectivity index (χ3n) is 3.46. The number of ether oxygens (including phenoxy) is 1. The molecule has 1 fully saturated rings. The molecular weight excluding hydrogens is 298 g/mol. The van der Waals surface area contributed by atoms with Crippen LogP contribution in [0.5, 0.6) is 0 Å². The van der Waals surface area contributed by atoms with Crippen molar-refractivity contribution in [3.8, 4) is 0 Å². The summed E-state index contributed by atoms with van der Waals surface area (Å²) in [5, 5.41) is 8.49. The number of nitrogens with one attached hydrogen (secondary N) is 1. The first-order valence-electron chi connectivity index (χ1n) is 6.22. The summed E-state index contributed by atoms with van der Waals surface area (Å²) in [4.78, 5) is 22.1. The highest BCUT2D eigenvalue weighted by atomic mass is 32.2. The van der Waals surface area contributed by atoms with Crippen molar-refractivity contribution in [2.75, 3.05) is 13.7 Å². The van der Waals surface area contributed by atoms with Gasteiger partial charge in [-0.15, -0.1) is 0 Å². The summed E-state index contributed by atoms with van der Waals surface area (Å²) in [5.74, 6) is -1.60. The smallest absolute Gasteiger partial charge is 0.318 e. The zero-order valence-corrected chi connectivity index (χ0v) is 12.1. The van der Waals surface area contributed by atoms with Crippen LogP contribution in [0.3, 0.4) is 0 Å². The van der Waals surface area contributed by atoms with Gasteiger partial charge in [-0.3, -0.25) is 9.59 Å². The van der Waals surface area contributed by atoms with E-state index >= 15 is 0 Å². The van der Waals surface area contributed by atoms with E-state index < -0.39 is 28.0 Å². The minimum Gasteiger partial charge on any atom is -0.480 e. The summed E-state index contributed by atoms with van der Waals surface area (Å²) < 4.78 is 30.4. The molecule has 0 radical (unpaired) electrons. The standard InChI is InChI=1S/C13H15NO6S/c1-20-12(17)13(6-7-13)9-2-4-10(5-3-9)21(18,19)14-8-11(15)16/h2-5,14H,6-8H2,1H3,(H,15,16). The molecule has 8 heteroatoms. The van der Waals surface area contributed by atoms with Crippen LogP contribution in [0.1, 0.15) is 18.4 Å². The largest absolute Gasteiger partial charge is 0.480 e. The Hall–Kier alpha value is -1.93. The van der Waals surface area contributed by atoms with E-state index in [0.717, 1.165) is 0 Å². The Labute approximate surface area is 122 Å². The fourth-order valence-corrected chi connectivity index (χ4v) is 3.10. The molecule has 1 saturated carbocycles. The lowest BCUT2D eigenvalue weighted by Crippen LogP contribution is -2.29. The van der Waals surface area contributed by atoms with Gasteiger partial charge < -0.3 is 9.84 Å². The molecule has 1 aromatic rings. The molecule has 0 heterocycles. The van der Waals surface area contributed by atoms with E-state index in [1.165, 1.54) is 19.2 Å². The summed E-state index contributed by atoms with van der Waals surface area (Å²) in [6.07, 6.45) is 1.34. The van der Waals surface area contributed by atoms with Crippen molar-refractivity contribution >= 4 is 22.0 Å². The first-order valence-corrected chi connectivity index (χ1v) is 7.70. The Balaban J connectivity index is 2.20. The van der Waals surface area contributed by atoms with Crippen molar-refractivity contribution in [3.63, 3.8) is 0 Å². The highest BCUT2D eigenvalue weighted by Crippen LogP contribution is 2.49. The van der Waals surface area contributed by atoms with Crippen molar-refractivity contribution in [3.05, 3.63) is 29.8 Å². The molecule has 0 saturated heterocycles. The molecule has 0 aliphatic heterocycles. The molecule has 1 aromatic carbocycles. The Morgan fingerprint density at radius 2 is 1.86 bits per heavy atom. The van der Waals surface area contributed by atoms with Crippen LogP contribution in [0.2, 0.25) is 0 Å². The maximum atomic E-state index is 11.8. The molecule has 1 aliphatic rings. The highest BCUT2D eigenvalue weighted by molar-refractivity contribution is 7.89. The number of esters is 1. The summed E-state index contributed by atoms with van der Waals surface area (Å²) in [7, 11) is -2.55. The van der Waals surface area contributed by atoms with Gasteiger partial charge in [-0.1, -0.05) is 12.1 Å². The minimum absolute atomic E-state index is 0.0480. The number of carboxylic acid groups (broad SMARTS) is 1. The van der Waals surface area contributed by atoms with E-state index in [9.17, 15) is 18.0 Å². The number of rotatable bonds is 6. The molecule has 0 unspecified atom stereocenters. The fraction of sp³-hybridized carbons (Fsp3) is 0.385. The van der Waals surface area contributed by atoms with Crippen molar-refractivity contribution in [2.45, 2.75) is 23.2 Å². The van der Waals surface area contributed by atoms with Crippen LogP contribution in [-0.4, -0.2) is 39.1 Å². The molecule has 0 aromatic heterocycles. The van der Waals surface area contributed by atoms with Gasteiger partial charge in [0.15, 0.2) is 0 Å². The lowest BCUT2D eigenvalue weighted by molar-refractivity contribution is -0.143. The average molecular weight is 313 g/mol. The number of methoxy groups -OCH3 is 1. The van der Waals surface area contributed by atoms with Gasteiger partial charge in [0.1, 0.15) is 6.54 Å². The number of sulfonamides is 1. The van der Waals surface area contributed by atoms with Crippen molar-refractivity contribution in [1.82, 2.24) is 4.72 Å². The van der Waals surface area contributed by atoms with E-state index in [4.69, 9.17) is 9.84 Å². The quantitative estimate of drug-likeness (QED) is 0.729. The predicted octanol–water partition coefficient (Wildman–Crippen LogP) is 0.254. The maximum Gasteiger partial charge on any atom is 0.318 e. The molecule has 7 nitrogen and oxygen atoms in total. The molecule has 21 heavy (non-hydrogen) atoms.